The molecule has 0 aliphatic rings. The number of halogens is 2. The molecule has 1 aromatic heterocycles. The van der Waals surface area contributed by atoms with Crippen LogP contribution >= 0.6 is 0 Å². The molecule has 140 valence electrons. The monoisotopic (exact) mass is 370 g/mol. The molecule has 5 nitrogen and oxygen atoms in total. The van der Waals surface area contributed by atoms with E-state index >= 15 is 0 Å². The first-order chi connectivity index (χ1) is 13.0. The minimum Gasteiger partial charge on any atom is -0.349 e. The number of hydrogen-bond acceptors (Lipinski definition) is 3. The first kappa shape index (κ1) is 18.7. The van der Waals surface area contributed by atoms with Crippen molar-refractivity contribution in [2.24, 2.45) is 0 Å². The van der Waals surface area contributed by atoms with Crippen LogP contribution < -0.4 is 5.32 Å². The Morgan fingerprint density at radius 2 is 1.81 bits per heavy atom. The maximum atomic E-state index is 14.2. The molecule has 0 atom stereocenters. The van der Waals surface area contributed by atoms with Crippen LogP contribution in [0.25, 0.3) is 16.9 Å². The minimum atomic E-state index is -0.430. The normalized spacial score (nSPS) is 11.0. The Kier molecular flexibility index (Phi) is 5.61. The van der Waals surface area contributed by atoms with E-state index in [9.17, 15) is 13.6 Å². The number of benzene rings is 2. The summed E-state index contributed by atoms with van der Waals surface area (Å²) in [4.78, 5) is 14.6. The van der Waals surface area contributed by atoms with Crippen LogP contribution in [0.1, 0.15) is 10.5 Å². The van der Waals surface area contributed by atoms with E-state index in [1.165, 1.54) is 41.1 Å². The molecule has 0 aliphatic heterocycles. The lowest BCUT2D eigenvalue weighted by atomic mass is 10.1. The van der Waals surface area contributed by atoms with Gasteiger partial charge >= 0.3 is 0 Å². The number of likely N-dealkylation sites (N-methyl/N-ethyl adjacent to an activating group) is 1. The van der Waals surface area contributed by atoms with Gasteiger partial charge in [-0.1, -0.05) is 12.1 Å². The number of carbonyl (C=O) groups is 1. The minimum absolute atomic E-state index is 0.249. The fourth-order valence-electron chi connectivity index (χ4n) is 2.61. The summed E-state index contributed by atoms with van der Waals surface area (Å²) in [6, 6.07) is 13.4. The Balaban J connectivity index is 2.00. The molecule has 0 fully saturated rings. The molecule has 3 rings (SSSR count). The van der Waals surface area contributed by atoms with Crippen molar-refractivity contribution in [3.05, 3.63) is 71.9 Å². The van der Waals surface area contributed by atoms with Crippen molar-refractivity contribution in [1.29, 1.82) is 0 Å². The average molecular weight is 370 g/mol. The summed E-state index contributed by atoms with van der Waals surface area (Å²) >= 11 is 0. The second-order valence-corrected chi connectivity index (χ2v) is 6.34. The molecule has 0 saturated heterocycles. The average Bonchev–Trinajstić information content (AvgIpc) is 3.07. The van der Waals surface area contributed by atoms with E-state index in [2.05, 4.69) is 10.4 Å². The lowest BCUT2D eigenvalue weighted by molar-refractivity contribution is 0.0943. The van der Waals surface area contributed by atoms with Gasteiger partial charge in [0.1, 0.15) is 17.3 Å². The van der Waals surface area contributed by atoms with Gasteiger partial charge in [0, 0.05) is 18.7 Å². The van der Waals surface area contributed by atoms with Gasteiger partial charge in [-0.3, -0.25) is 4.79 Å². The molecule has 0 aliphatic carbocycles. The van der Waals surface area contributed by atoms with Crippen LogP contribution in [0.4, 0.5) is 8.78 Å². The van der Waals surface area contributed by atoms with Gasteiger partial charge < -0.3 is 10.2 Å². The second kappa shape index (κ2) is 8.09. The van der Waals surface area contributed by atoms with Crippen LogP contribution in [0.5, 0.6) is 0 Å². The van der Waals surface area contributed by atoms with Crippen LogP contribution in [0.2, 0.25) is 0 Å². The number of nitrogens with one attached hydrogen (secondary N) is 1. The number of carbonyl (C=O) groups excluding carboxylic acids is 1. The zero-order chi connectivity index (χ0) is 19.4. The summed E-state index contributed by atoms with van der Waals surface area (Å²) < 4.78 is 28.8. The van der Waals surface area contributed by atoms with E-state index < -0.39 is 11.6 Å². The number of aromatic nitrogens is 2. The number of nitrogens with zero attached hydrogens (tertiary/aromatic N) is 3. The van der Waals surface area contributed by atoms with Gasteiger partial charge in [-0.05, 0) is 56.6 Å². The molecule has 0 saturated carbocycles. The third kappa shape index (κ3) is 4.38. The van der Waals surface area contributed by atoms with Gasteiger partial charge in [0.2, 0.25) is 0 Å². The summed E-state index contributed by atoms with van der Waals surface area (Å²) in [6.07, 6.45) is 0. The van der Waals surface area contributed by atoms with Gasteiger partial charge in [0.05, 0.1) is 11.4 Å². The topological polar surface area (TPSA) is 50.2 Å². The van der Waals surface area contributed by atoms with E-state index in [4.69, 9.17) is 0 Å². The molecule has 7 heteroatoms. The fourth-order valence-corrected chi connectivity index (χ4v) is 2.61. The van der Waals surface area contributed by atoms with Crippen molar-refractivity contribution in [3.63, 3.8) is 0 Å². The molecule has 0 unspecified atom stereocenters. The molecule has 3 aromatic rings. The maximum Gasteiger partial charge on any atom is 0.270 e. The quantitative estimate of drug-likeness (QED) is 0.725. The van der Waals surface area contributed by atoms with E-state index in [0.717, 1.165) is 0 Å². The largest absolute Gasteiger partial charge is 0.349 e. The Morgan fingerprint density at radius 1 is 1.11 bits per heavy atom. The van der Waals surface area contributed by atoms with Crippen LogP contribution in [0.3, 0.4) is 0 Å². The standard InChI is InChI=1S/C20H20F2N4O/c1-25(2)12-11-23-20(27)19-13-18(16-5-3-4-6-17(16)22)24-26(19)15-9-7-14(21)8-10-15/h3-10,13H,11-12H2,1-2H3,(H,23,27). The first-order valence-corrected chi connectivity index (χ1v) is 8.49. The van der Waals surface area contributed by atoms with E-state index in [0.29, 0.717) is 30.0 Å². The van der Waals surface area contributed by atoms with Gasteiger partial charge in [0.15, 0.2) is 0 Å². The van der Waals surface area contributed by atoms with Crippen LogP contribution in [0, 0.1) is 11.6 Å². The molecule has 1 heterocycles. The predicted molar refractivity (Wildman–Crippen MR) is 99.8 cm³/mol. The maximum absolute atomic E-state index is 14.2. The highest BCUT2D eigenvalue weighted by Crippen LogP contribution is 2.24. The third-order valence-corrected chi connectivity index (χ3v) is 4.01. The highest BCUT2D eigenvalue weighted by Gasteiger charge is 2.19. The summed E-state index contributed by atoms with van der Waals surface area (Å²) in [5.74, 6) is -1.16. The zero-order valence-corrected chi connectivity index (χ0v) is 15.1. The molecular weight excluding hydrogens is 350 g/mol. The van der Waals surface area contributed by atoms with Crippen molar-refractivity contribution < 1.29 is 13.6 Å². The summed E-state index contributed by atoms with van der Waals surface area (Å²) in [5.41, 5.74) is 1.38. The highest BCUT2D eigenvalue weighted by atomic mass is 19.1. The Morgan fingerprint density at radius 3 is 2.48 bits per heavy atom. The van der Waals surface area contributed by atoms with Crippen molar-refractivity contribution in [2.75, 3.05) is 27.2 Å². The van der Waals surface area contributed by atoms with E-state index in [1.807, 2.05) is 19.0 Å². The molecule has 1 amide bonds. The predicted octanol–water partition coefficient (Wildman–Crippen LogP) is 3.11. The summed E-state index contributed by atoms with van der Waals surface area (Å²) in [6.45, 7) is 1.13. The molecule has 0 radical (unpaired) electrons. The van der Waals surface area contributed by atoms with Crippen LogP contribution in [-0.4, -0.2) is 47.8 Å². The molecule has 2 aromatic carbocycles. The highest BCUT2D eigenvalue weighted by molar-refractivity contribution is 5.94. The van der Waals surface area contributed by atoms with Crippen molar-refractivity contribution in [3.8, 4) is 16.9 Å². The van der Waals surface area contributed by atoms with Crippen molar-refractivity contribution >= 4 is 5.91 Å². The lowest BCUT2D eigenvalue weighted by Gasteiger charge is -2.11. The smallest absolute Gasteiger partial charge is 0.270 e. The SMILES string of the molecule is CN(C)CCNC(=O)c1cc(-c2ccccc2F)nn1-c1ccc(F)cc1. The number of hydrogen-bond donors (Lipinski definition) is 1. The molecular formula is C20H20F2N4O. The third-order valence-electron chi connectivity index (χ3n) is 4.01. The lowest BCUT2D eigenvalue weighted by Crippen LogP contribution is -2.32. The molecule has 1 N–H and O–H groups in total. The zero-order valence-electron chi connectivity index (χ0n) is 15.1. The Labute approximate surface area is 156 Å². The molecule has 27 heavy (non-hydrogen) atoms. The number of rotatable bonds is 6. The van der Waals surface area contributed by atoms with Crippen LogP contribution in [0.15, 0.2) is 54.6 Å². The first-order valence-electron chi connectivity index (χ1n) is 8.49. The summed E-state index contributed by atoms with van der Waals surface area (Å²) in [5, 5.41) is 7.21. The second-order valence-electron chi connectivity index (χ2n) is 6.34. The van der Waals surface area contributed by atoms with Gasteiger partial charge in [-0.15, -0.1) is 0 Å². The fraction of sp³-hybridized carbons (Fsp3) is 0.200. The van der Waals surface area contributed by atoms with E-state index in [1.54, 1.807) is 18.2 Å². The van der Waals surface area contributed by atoms with Gasteiger partial charge in [-0.2, -0.15) is 5.10 Å². The van der Waals surface area contributed by atoms with E-state index in [-0.39, 0.29) is 11.6 Å². The van der Waals surface area contributed by atoms with Gasteiger partial charge in [-0.25, -0.2) is 13.5 Å². The number of amides is 1. The Hall–Kier alpha value is -3.06. The van der Waals surface area contributed by atoms with Crippen molar-refractivity contribution in [1.82, 2.24) is 20.0 Å². The van der Waals surface area contributed by atoms with Crippen LogP contribution in [-0.2, 0) is 0 Å². The van der Waals surface area contributed by atoms with Crippen molar-refractivity contribution in [2.45, 2.75) is 0 Å². The van der Waals surface area contributed by atoms with Gasteiger partial charge in [0.25, 0.3) is 5.91 Å². The summed E-state index contributed by atoms with van der Waals surface area (Å²) in [7, 11) is 3.82. The molecule has 0 spiro atoms. The molecule has 0 bridgehead atoms. The Bertz CT molecular complexity index is 935.